The number of esters is 2. The molecule has 16 atom stereocenters. The van der Waals surface area contributed by atoms with Crippen LogP contribution in [0.1, 0.15) is 124 Å². The number of aliphatic hydroxyl groups excluding tert-OH is 2. The van der Waals surface area contributed by atoms with Gasteiger partial charge in [-0.25, -0.2) is 0 Å². The van der Waals surface area contributed by atoms with Crippen molar-refractivity contribution in [2.24, 2.45) is 74.2 Å². The molecule has 11 aliphatic rings. The summed E-state index contributed by atoms with van der Waals surface area (Å²) in [6, 6.07) is 2.55. The second kappa shape index (κ2) is 11.5. The Morgan fingerprint density at radius 3 is 1.96 bits per heavy atom. The van der Waals surface area contributed by atoms with Crippen LogP contribution in [0.5, 0.6) is 0 Å². The third-order valence-electron chi connectivity index (χ3n) is 19.6. The quantitative estimate of drug-likeness (QED) is 0.250. The van der Waals surface area contributed by atoms with Crippen molar-refractivity contribution in [1.29, 1.82) is 5.26 Å². The van der Waals surface area contributed by atoms with Gasteiger partial charge >= 0.3 is 11.9 Å². The van der Waals surface area contributed by atoms with E-state index in [2.05, 4.69) is 45.9 Å². The monoisotopic (exact) mass is 766 g/mol. The Hall–Kier alpha value is -3.29. The highest BCUT2D eigenvalue weighted by atomic mass is 16.6. The van der Waals surface area contributed by atoms with Gasteiger partial charge in [0.15, 0.2) is 11.6 Å². The lowest BCUT2D eigenvalue weighted by Crippen LogP contribution is -2.64. The number of carbonyl (C=O) groups is 4. The molecule has 2 spiro atoms. The van der Waals surface area contributed by atoms with E-state index in [0.717, 1.165) is 50.5 Å². The minimum Gasteiger partial charge on any atom is -0.458 e. The molecule has 0 aromatic heterocycles. The van der Waals surface area contributed by atoms with Crippen LogP contribution in [-0.2, 0) is 28.7 Å². The summed E-state index contributed by atoms with van der Waals surface area (Å²) in [6.07, 6.45) is 15.7. The molecule has 0 amide bonds. The molecule has 0 aromatic carbocycles. The number of aliphatic hydroxyl groups is 2. The number of Topliss-reactive ketones (excluding diaryl/α,β-unsaturated/α-hetero) is 1. The molecule has 0 radical (unpaired) electrons. The number of ketones is 2. The van der Waals surface area contributed by atoms with Gasteiger partial charge in [-0.2, -0.15) is 5.26 Å². The molecule has 0 aromatic rings. The third kappa shape index (κ3) is 4.20. The van der Waals surface area contributed by atoms with Crippen LogP contribution in [0, 0.1) is 79.8 Å². The fraction of sp³-hybridized carbons (Fsp3) is 0.761. The lowest BCUT2D eigenvalue weighted by Gasteiger charge is -2.64. The smallest absolute Gasteiger partial charge is 0.306 e. The Kier molecular flexibility index (Phi) is 7.58. The van der Waals surface area contributed by atoms with Gasteiger partial charge in [0.05, 0.1) is 23.7 Å². The number of hydrogen-bond donors (Lipinski definition) is 3. The van der Waals surface area contributed by atoms with Crippen LogP contribution in [0.2, 0.25) is 0 Å². The van der Waals surface area contributed by atoms with Crippen LogP contribution in [0.15, 0.2) is 35.1 Å². The first-order chi connectivity index (χ1) is 26.4. The van der Waals surface area contributed by atoms with Gasteiger partial charge in [-0.3, -0.25) is 19.2 Å². The average molecular weight is 767 g/mol. The molecule has 8 fully saturated rings. The normalized spacial score (nSPS) is 54.3. The van der Waals surface area contributed by atoms with E-state index in [9.17, 15) is 34.7 Å². The van der Waals surface area contributed by atoms with E-state index in [-0.39, 0.29) is 80.9 Å². The van der Waals surface area contributed by atoms with Crippen LogP contribution in [0.4, 0.5) is 0 Å². The van der Waals surface area contributed by atoms with Gasteiger partial charge in [-0.1, -0.05) is 39.8 Å². The zero-order valence-corrected chi connectivity index (χ0v) is 33.4. The van der Waals surface area contributed by atoms with Gasteiger partial charge in [0.2, 0.25) is 0 Å². The topological polar surface area (TPSA) is 177 Å². The highest BCUT2D eigenvalue weighted by Gasteiger charge is 2.77. The first-order valence-electron chi connectivity index (χ1n) is 21.6. The number of allylic oxidation sites excluding steroid dienone is 6. The van der Waals surface area contributed by atoms with Gasteiger partial charge in [0, 0.05) is 59.6 Å². The van der Waals surface area contributed by atoms with E-state index in [1.165, 1.54) is 0 Å². The Balaban J connectivity index is 0.000000139. The van der Waals surface area contributed by atoms with Gasteiger partial charge < -0.3 is 25.4 Å². The molecule has 4 N–H and O–H groups in total. The van der Waals surface area contributed by atoms with Crippen molar-refractivity contribution in [2.75, 3.05) is 0 Å². The van der Waals surface area contributed by atoms with Crippen LogP contribution < -0.4 is 5.73 Å². The van der Waals surface area contributed by atoms with Gasteiger partial charge in [-0.05, 0) is 123 Å². The average Bonchev–Trinajstić information content (AvgIpc) is 3.93. The van der Waals surface area contributed by atoms with Crippen LogP contribution >= 0.6 is 0 Å². The van der Waals surface area contributed by atoms with Crippen LogP contribution in [-0.4, -0.2) is 57.1 Å². The molecule has 56 heavy (non-hydrogen) atoms. The highest BCUT2D eigenvalue weighted by molar-refractivity contribution is 6.00. The molecule has 6 saturated carbocycles. The molecule has 11 rings (SSSR count). The molecule has 2 bridgehead atoms. The fourth-order valence-corrected chi connectivity index (χ4v) is 17.0. The van der Waals surface area contributed by atoms with Crippen molar-refractivity contribution in [1.82, 2.24) is 0 Å². The summed E-state index contributed by atoms with van der Waals surface area (Å²) >= 11 is 0. The van der Waals surface area contributed by atoms with Crippen molar-refractivity contribution in [3.05, 3.63) is 35.1 Å². The summed E-state index contributed by atoms with van der Waals surface area (Å²) in [5, 5.41) is 33.3. The number of carbonyl (C=O) groups excluding carboxylic acids is 4. The molecular formula is C46H58N2O8. The van der Waals surface area contributed by atoms with Crippen molar-refractivity contribution >= 4 is 23.5 Å². The maximum Gasteiger partial charge on any atom is 0.306 e. The molecule has 300 valence electrons. The third-order valence-corrected chi connectivity index (χ3v) is 19.6. The standard InChI is InChI=1S/C24H30N2O4.C22H28O4/c1-21-6-4-14(27)19-20(26)12(9-23(19,21)11-25)17-13-3-7-24(8-5-16(29)30-24)22(13,2)10-15(28)18(17)21;1-20-8-5-14(23)11-13(20)3-4-15-16-6-9-22(10-7-18(25)26-22)21(16,2)12-17(24)19(15)20/h12-13,15,17-18,28H,3-10,26H2,1-2H3;3-4,11,15-17,19,24H,5-10,12H2,1-2H3/t12?,13?,15?,17?,18?,21?,22?,23?,24-;15?,16?,17-,19?,20?,21?,22-/m11/s1. The number of rotatable bonds is 0. The van der Waals surface area contributed by atoms with E-state index >= 15 is 0 Å². The van der Waals surface area contributed by atoms with Crippen molar-refractivity contribution in [2.45, 2.75) is 147 Å². The van der Waals surface area contributed by atoms with Crippen LogP contribution in [0.25, 0.3) is 0 Å². The van der Waals surface area contributed by atoms with Crippen LogP contribution in [0.3, 0.4) is 0 Å². The summed E-state index contributed by atoms with van der Waals surface area (Å²) in [6.45, 7) is 8.81. The molecule has 2 aliphatic heterocycles. The molecular weight excluding hydrogens is 709 g/mol. The summed E-state index contributed by atoms with van der Waals surface area (Å²) < 4.78 is 11.9. The minimum atomic E-state index is -0.872. The first kappa shape index (κ1) is 37.0. The molecule has 10 nitrogen and oxygen atoms in total. The van der Waals surface area contributed by atoms with Crippen molar-refractivity contribution < 1.29 is 38.9 Å². The van der Waals surface area contributed by atoms with Gasteiger partial charge in [-0.15, -0.1) is 0 Å². The van der Waals surface area contributed by atoms with E-state index < -0.39 is 28.6 Å². The maximum atomic E-state index is 12.9. The Labute approximate surface area is 329 Å². The highest BCUT2D eigenvalue weighted by Crippen LogP contribution is 2.77. The minimum absolute atomic E-state index is 0.0255. The van der Waals surface area contributed by atoms with Crippen molar-refractivity contribution in [3.8, 4) is 6.07 Å². The summed E-state index contributed by atoms with van der Waals surface area (Å²) in [7, 11) is 0. The predicted octanol–water partition coefficient (Wildman–Crippen LogP) is 5.94. The van der Waals surface area contributed by atoms with E-state index in [4.69, 9.17) is 15.2 Å². The predicted molar refractivity (Wildman–Crippen MR) is 202 cm³/mol. The number of nitrogens with zero attached hydrogens (tertiary/aromatic N) is 1. The number of ether oxygens (including phenoxy) is 2. The molecule has 10 heteroatoms. The molecule has 9 aliphatic carbocycles. The number of nitrogens with two attached hydrogens (primary N) is 1. The molecule has 2 saturated heterocycles. The number of hydrogen-bond acceptors (Lipinski definition) is 10. The summed E-state index contributed by atoms with van der Waals surface area (Å²) in [4.78, 5) is 48.8. The largest absolute Gasteiger partial charge is 0.458 e. The SMILES string of the molecule is CC12CCC(=O)C3=C(N)C(CC31C#N)C1C2C(O)CC2(C)C1CC[C@@]21CCC(=O)O1.CC12CCC(=O)C=C1C=CC1C2[C@H](O)CC2(C)C1CC[C@@]21CCC(=O)O1. The lowest BCUT2D eigenvalue weighted by molar-refractivity contribution is -0.209. The second-order valence-corrected chi connectivity index (χ2v) is 21.2. The summed E-state index contributed by atoms with van der Waals surface area (Å²) in [5.74, 6) is 1.16. The zero-order chi connectivity index (χ0) is 39.6. The van der Waals surface area contributed by atoms with E-state index in [1.54, 1.807) is 6.08 Å². The Bertz CT molecular complexity index is 2000. The first-order valence-corrected chi connectivity index (χ1v) is 21.6. The van der Waals surface area contributed by atoms with Gasteiger partial charge in [0.25, 0.3) is 0 Å². The Morgan fingerprint density at radius 2 is 1.36 bits per heavy atom. The second-order valence-electron chi connectivity index (χ2n) is 21.2. The lowest BCUT2D eigenvalue weighted by atomic mass is 9.39. The number of fused-ring (bicyclic) bond motifs is 13. The van der Waals surface area contributed by atoms with Gasteiger partial charge in [0.1, 0.15) is 11.2 Å². The van der Waals surface area contributed by atoms with E-state index in [0.29, 0.717) is 68.6 Å². The van der Waals surface area contributed by atoms with E-state index in [1.807, 2.05) is 0 Å². The Morgan fingerprint density at radius 1 is 0.750 bits per heavy atom. The van der Waals surface area contributed by atoms with Crippen molar-refractivity contribution in [3.63, 3.8) is 0 Å². The summed E-state index contributed by atoms with van der Waals surface area (Å²) in [5.41, 5.74) is 6.15. The fourth-order valence-electron chi connectivity index (χ4n) is 17.0. The molecule has 13 unspecified atom stereocenters. The zero-order valence-electron chi connectivity index (χ0n) is 33.4. The number of nitriles is 1. The maximum absolute atomic E-state index is 12.9. The molecule has 2 heterocycles.